The number of aromatic nitrogens is 2. The Balaban J connectivity index is 0.000000745. The summed E-state index contributed by atoms with van der Waals surface area (Å²) >= 11 is 1.69. The lowest BCUT2D eigenvalue weighted by Crippen LogP contribution is -2.14. The van der Waals surface area contributed by atoms with Crippen LogP contribution in [0.3, 0.4) is 0 Å². The molecule has 0 atom stereocenters. The number of thiazole rings is 1. The van der Waals surface area contributed by atoms with Crippen LogP contribution in [-0.4, -0.2) is 16.1 Å². The van der Waals surface area contributed by atoms with Gasteiger partial charge in [-0.25, -0.2) is 4.98 Å². The van der Waals surface area contributed by atoms with Gasteiger partial charge in [-0.1, -0.05) is 40.2 Å². The third-order valence-corrected chi connectivity index (χ3v) is 4.47. The molecule has 2 rings (SSSR count). The second-order valence-electron chi connectivity index (χ2n) is 5.79. The van der Waals surface area contributed by atoms with Crippen molar-refractivity contribution in [1.29, 1.82) is 0 Å². The van der Waals surface area contributed by atoms with Crippen LogP contribution in [0.4, 0.5) is 0 Å². The molecule has 2 aromatic rings. The SMILES string of the molecule is CCc1csc(-c2cccc(CC(C)(C)CC)n2)n1.O=C=O. The second-order valence-corrected chi connectivity index (χ2v) is 6.65. The van der Waals surface area contributed by atoms with Gasteiger partial charge in [0.15, 0.2) is 0 Å². The van der Waals surface area contributed by atoms with E-state index in [1.54, 1.807) is 11.3 Å². The predicted octanol–water partition coefficient (Wildman–Crippen LogP) is 4.16. The summed E-state index contributed by atoms with van der Waals surface area (Å²) in [5, 5.41) is 3.16. The molecular weight excluding hydrogens is 296 g/mol. The van der Waals surface area contributed by atoms with Gasteiger partial charge in [0.2, 0.25) is 0 Å². The van der Waals surface area contributed by atoms with Crippen LogP contribution in [0.1, 0.15) is 45.5 Å². The molecule has 2 heterocycles. The highest BCUT2D eigenvalue weighted by atomic mass is 32.1. The highest BCUT2D eigenvalue weighted by Gasteiger charge is 2.17. The lowest BCUT2D eigenvalue weighted by atomic mass is 9.85. The van der Waals surface area contributed by atoms with Crippen molar-refractivity contribution < 1.29 is 9.59 Å². The van der Waals surface area contributed by atoms with Gasteiger partial charge in [-0.2, -0.15) is 9.59 Å². The number of rotatable bonds is 5. The zero-order valence-electron chi connectivity index (χ0n) is 13.5. The van der Waals surface area contributed by atoms with Crippen LogP contribution in [0.25, 0.3) is 10.7 Å². The van der Waals surface area contributed by atoms with Crippen LogP contribution >= 0.6 is 11.3 Å². The lowest BCUT2D eigenvalue weighted by Gasteiger charge is -2.21. The molecule has 0 aliphatic heterocycles. The first kappa shape index (κ1) is 18.2. The summed E-state index contributed by atoms with van der Waals surface area (Å²) in [6.07, 6.45) is 3.42. The van der Waals surface area contributed by atoms with Crippen molar-refractivity contribution in [2.45, 2.75) is 47.0 Å². The average molecular weight is 318 g/mol. The average Bonchev–Trinajstić information content (AvgIpc) is 2.97. The Morgan fingerprint density at radius 3 is 2.36 bits per heavy atom. The van der Waals surface area contributed by atoms with Crippen LogP contribution in [0.5, 0.6) is 0 Å². The van der Waals surface area contributed by atoms with E-state index >= 15 is 0 Å². The van der Waals surface area contributed by atoms with E-state index in [2.05, 4.69) is 56.3 Å². The third-order valence-electron chi connectivity index (χ3n) is 3.56. The summed E-state index contributed by atoms with van der Waals surface area (Å²) < 4.78 is 0. The van der Waals surface area contributed by atoms with E-state index in [0.717, 1.165) is 41.4 Å². The van der Waals surface area contributed by atoms with E-state index in [-0.39, 0.29) is 6.15 Å². The molecule has 0 unspecified atom stereocenters. The van der Waals surface area contributed by atoms with Crippen LogP contribution in [-0.2, 0) is 22.4 Å². The molecule has 0 saturated carbocycles. The summed E-state index contributed by atoms with van der Waals surface area (Å²) in [5.74, 6) is 0. The molecule has 22 heavy (non-hydrogen) atoms. The molecule has 118 valence electrons. The van der Waals surface area contributed by atoms with Gasteiger partial charge >= 0.3 is 6.15 Å². The number of nitrogens with zero attached hydrogens (tertiary/aromatic N) is 2. The highest BCUT2D eigenvalue weighted by Crippen LogP contribution is 2.27. The summed E-state index contributed by atoms with van der Waals surface area (Å²) in [6.45, 7) is 8.95. The van der Waals surface area contributed by atoms with Crippen LogP contribution in [0.15, 0.2) is 23.6 Å². The molecule has 0 radical (unpaired) electrons. The number of pyridine rings is 1. The van der Waals surface area contributed by atoms with E-state index in [9.17, 15) is 0 Å². The molecule has 0 bridgehead atoms. The minimum Gasteiger partial charge on any atom is -0.250 e. The first-order valence-corrected chi connectivity index (χ1v) is 8.23. The zero-order chi connectivity index (χ0) is 16.6. The van der Waals surface area contributed by atoms with Crippen molar-refractivity contribution in [1.82, 2.24) is 9.97 Å². The number of carbonyl (C=O) groups excluding carboxylic acids is 2. The van der Waals surface area contributed by atoms with E-state index in [0.29, 0.717) is 5.41 Å². The molecule has 2 aromatic heterocycles. The quantitative estimate of drug-likeness (QED) is 0.830. The Bertz CT molecular complexity index is 629. The summed E-state index contributed by atoms with van der Waals surface area (Å²) in [6, 6.07) is 6.27. The van der Waals surface area contributed by atoms with E-state index < -0.39 is 0 Å². The van der Waals surface area contributed by atoms with Gasteiger partial charge in [-0.3, -0.25) is 4.98 Å². The maximum absolute atomic E-state index is 8.12. The Morgan fingerprint density at radius 1 is 1.14 bits per heavy atom. The second kappa shape index (κ2) is 8.57. The molecular formula is C17H22N2O2S. The zero-order valence-corrected chi connectivity index (χ0v) is 14.4. The Labute approximate surface area is 135 Å². The molecule has 0 saturated heterocycles. The normalized spacial score (nSPS) is 10.5. The Morgan fingerprint density at radius 2 is 1.82 bits per heavy atom. The Hall–Kier alpha value is -1.84. The van der Waals surface area contributed by atoms with Crippen molar-refractivity contribution >= 4 is 17.5 Å². The first-order chi connectivity index (χ1) is 10.5. The largest absolute Gasteiger partial charge is 0.373 e. The third kappa shape index (κ3) is 5.51. The van der Waals surface area contributed by atoms with E-state index in [1.807, 2.05) is 0 Å². The van der Waals surface area contributed by atoms with Crippen molar-refractivity contribution in [3.05, 3.63) is 35.0 Å². The van der Waals surface area contributed by atoms with Gasteiger partial charge in [-0.15, -0.1) is 11.3 Å². The Kier molecular flexibility index (Phi) is 7.09. The van der Waals surface area contributed by atoms with Gasteiger partial charge in [0.25, 0.3) is 0 Å². The summed E-state index contributed by atoms with van der Waals surface area (Å²) in [4.78, 5) is 25.6. The van der Waals surface area contributed by atoms with E-state index in [1.165, 1.54) is 0 Å². The smallest absolute Gasteiger partial charge is 0.250 e. The maximum Gasteiger partial charge on any atom is 0.373 e. The fourth-order valence-corrected chi connectivity index (χ4v) is 2.77. The van der Waals surface area contributed by atoms with Crippen molar-refractivity contribution in [2.24, 2.45) is 5.41 Å². The lowest BCUT2D eigenvalue weighted by molar-refractivity contribution is -0.191. The first-order valence-electron chi connectivity index (χ1n) is 7.35. The molecule has 0 amide bonds. The topological polar surface area (TPSA) is 59.9 Å². The standard InChI is InChI=1S/C16H22N2S.CO2/c1-5-12-11-19-15(18-12)14-9-7-8-13(17-14)10-16(3,4)6-2;2-1-3/h7-9,11H,5-6,10H2,1-4H3;. The van der Waals surface area contributed by atoms with Crippen molar-refractivity contribution in [2.75, 3.05) is 0 Å². The van der Waals surface area contributed by atoms with Gasteiger partial charge < -0.3 is 0 Å². The predicted molar refractivity (Wildman–Crippen MR) is 87.5 cm³/mol. The molecule has 0 fully saturated rings. The molecule has 0 aliphatic rings. The molecule has 0 spiro atoms. The molecule has 0 aliphatic carbocycles. The number of aryl methyl sites for hydroxylation is 1. The fraction of sp³-hybridized carbons (Fsp3) is 0.471. The monoisotopic (exact) mass is 318 g/mol. The molecule has 0 aromatic carbocycles. The van der Waals surface area contributed by atoms with Gasteiger partial charge in [0.1, 0.15) is 5.01 Å². The fourth-order valence-electron chi connectivity index (χ4n) is 1.90. The maximum atomic E-state index is 8.12. The van der Waals surface area contributed by atoms with Gasteiger partial charge in [-0.05, 0) is 30.4 Å². The number of hydrogen-bond acceptors (Lipinski definition) is 5. The van der Waals surface area contributed by atoms with E-state index in [4.69, 9.17) is 14.6 Å². The number of hydrogen-bond donors (Lipinski definition) is 0. The summed E-state index contributed by atoms with van der Waals surface area (Å²) in [7, 11) is 0. The van der Waals surface area contributed by atoms with Crippen LogP contribution in [0.2, 0.25) is 0 Å². The summed E-state index contributed by atoms with van der Waals surface area (Å²) in [5.41, 5.74) is 3.64. The molecule has 0 N–H and O–H groups in total. The van der Waals surface area contributed by atoms with Gasteiger partial charge in [0, 0.05) is 11.1 Å². The highest BCUT2D eigenvalue weighted by molar-refractivity contribution is 7.13. The van der Waals surface area contributed by atoms with Crippen LogP contribution < -0.4 is 0 Å². The minimum atomic E-state index is 0.250. The van der Waals surface area contributed by atoms with Gasteiger partial charge in [0.05, 0.1) is 11.4 Å². The minimum absolute atomic E-state index is 0.250. The molecule has 5 heteroatoms. The van der Waals surface area contributed by atoms with Crippen LogP contribution in [0, 0.1) is 5.41 Å². The van der Waals surface area contributed by atoms with Crippen molar-refractivity contribution in [3.8, 4) is 10.7 Å². The van der Waals surface area contributed by atoms with Crippen molar-refractivity contribution in [3.63, 3.8) is 0 Å². The molecule has 4 nitrogen and oxygen atoms in total.